The fraction of sp³-hybridized carbons (Fsp3) is 0.417. The zero-order valence-corrected chi connectivity index (χ0v) is 21.6. The molecule has 0 aliphatic carbocycles. The van der Waals surface area contributed by atoms with Gasteiger partial charge in [0.1, 0.15) is 22.3 Å². The summed E-state index contributed by atoms with van der Waals surface area (Å²) < 4.78 is 53.1. The average molecular weight is 549 g/mol. The Morgan fingerprint density at radius 3 is 2.55 bits per heavy atom. The molecule has 3 unspecified atom stereocenters. The first kappa shape index (κ1) is 26.0. The lowest BCUT2D eigenvalue weighted by Crippen LogP contribution is -2.48. The van der Waals surface area contributed by atoms with Crippen LogP contribution in [0.25, 0.3) is 21.4 Å². The zero-order valence-electron chi connectivity index (χ0n) is 20.8. The lowest BCUT2D eigenvalue weighted by molar-refractivity contribution is -0.139. The number of carbonyl (C=O) groups is 1. The van der Waals surface area contributed by atoms with Gasteiger partial charge in [0.2, 0.25) is 5.88 Å². The van der Waals surface area contributed by atoms with E-state index in [4.69, 9.17) is 9.47 Å². The lowest BCUT2D eigenvalue weighted by atomic mass is 10.1. The second kappa shape index (κ2) is 9.58. The first-order valence-corrected chi connectivity index (χ1v) is 12.6. The van der Waals surface area contributed by atoms with Crippen LogP contribution in [0.15, 0.2) is 23.0 Å². The predicted molar refractivity (Wildman–Crippen MR) is 132 cm³/mol. The minimum absolute atomic E-state index is 0.0206. The first-order valence-electron chi connectivity index (χ1n) is 11.8. The topological polar surface area (TPSA) is 123 Å². The number of aromatic amines is 1. The molecule has 0 radical (unpaired) electrons. The molecule has 1 amide bonds. The highest BCUT2D eigenvalue weighted by molar-refractivity contribution is 7.19. The molecule has 5 rings (SSSR count). The molecule has 38 heavy (non-hydrogen) atoms. The normalized spacial score (nSPS) is 19.2. The van der Waals surface area contributed by atoms with E-state index in [2.05, 4.69) is 24.9 Å². The highest BCUT2D eigenvalue weighted by Gasteiger charge is 2.37. The molecule has 1 N–H and O–H groups in total. The number of hydrogen-bond acceptors (Lipinski definition) is 9. The Morgan fingerprint density at radius 2 is 1.87 bits per heavy atom. The van der Waals surface area contributed by atoms with E-state index in [1.165, 1.54) is 19.9 Å². The highest BCUT2D eigenvalue weighted by Crippen LogP contribution is 2.36. The Labute approximate surface area is 217 Å². The molecule has 0 spiro atoms. The van der Waals surface area contributed by atoms with Gasteiger partial charge in [0.15, 0.2) is 10.5 Å². The molecule has 1 aliphatic heterocycles. The molecule has 5 heterocycles. The van der Waals surface area contributed by atoms with Crippen LogP contribution >= 0.6 is 11.3 Å². The molecule has 1 saturated heterocycles. The van der Waals surface area contributed by atoms with Crippen molar-refractivity contribution in [3.8, 4) is 5.88 Å². The molecule has 14 heteroatoms. The van der Waals surface area contributed by atoms with E-state index in [9.17, 15) is 22.8 Å². The van der Waals surface area contributed by atoms with Gasteiger partial charge in [-0.1, -0.05) is 11.3 Å². The molecular formula is C24H23F3N6O4S. The number of ether oxygens (including phenoxy) is 2. The molecule has 0 saturated carbocycles. The molecular weight excluding hydrogens is 525 g/mol. The molecule has 1 fully saturated rings. The summed E-state index contributed by atoms with van der Waals surface area (Å²) in [5, 5.41) is 0.247. The second-order valence-electron chi connectivity index (χ2n) is 9.16. The average Bonchev–Trinajstić information content (AvgIpc) is 3.25. The number of fused-ring (bicyclic) bond motifs is 2. The number of H-pyrrole nitrogens is 1. The van der Waals surface area contributed by atoms with Crippen molar-refractivity contribution < 1.29 is 27.4 Å². The SMILES string of the molecule is Cc1nc2cc(C(F)(F)F)c(C(C)Oc3ccc4nc(C(=O)N5CC(C)OC(C)C5)sc4n3)nc2c(=O)[nH]1. The molecule has 4 aromatic heterocycles. The van der Waals surface area contributed by atoms with Crippen LogP contribution in [-0.4, -0.2) is 61.0 Å². The molecule has 0 aromatic carbocycles. The summed E-state index contributed by atoms with van der Waals surface area (Å²) in [7, 11) is 0. The third-order valence-corrected chi connectivity index (χ3v) is 6.89. The number of rotatable bonds is 4. The number of thiazole rings is 1. The molecule has 0 bridgehead atoms. The third kappa shape index (κ3) is 5.05. The van der Waals surface area contributed by atoms with Gasteiger partial charge in [0, 0.05) is 19.2 Å². The summed E-state index contributed by atoms with van der Waals surface area (Å²) in [4.78, 5) is 46.5. The van der Waals surface area contributed by atoms with Gasteiger partial charge in [-0.3, -0.25) is 9.59 Å². The van der Waals surface area contributed by atoms with Crippen molar-refractivity contribution in [1.29, 1.82) is 0 Å². The Kier molecular flexibility index (Phi) is 6.55. The van der Waals surface area contributed by atoms with Crippen molar-refractivity contribution in [1.82, 2.24) is 29.8 Å². The van der Waals surface area contributed by atoms with Gasteiger partial charge in [-0.15, -0.1) is 0 Å². The van der Waals surface area contributed by atoms with Crippen LogP contribution in [0, 0.1) is 6.92 Å². The maximum Gasteiger partial charge on any atom is 0.418 e. The minimum atomic E-state index is -4.76. The van der Waals surface area contributed by atoms with Crippen molar-refractivity contribution in [3.05, 3.63) is 50.6 Å². The van der Waals surface area contributed by atoms with Gasteiger partial charge >= 0.3 is 6.18 Å². The summed E-state index contributed by atoms with van der Waals surface area (Å²) in [6, 6.07) is 3.83. The summed E-state index contributed by atoms with van der Waals surface area (Å²) in [6.07, 6.45) is -6.17. The fourth-order valence-electron chi connectivity index (χ4n) is 4.41. The van der Waals surface area contributed by atoms with E-state index in [1.54, 1.807) is 11.0 Å². The van der Waals surface area contributed by atoms with Crippen LogP contribution < -0.4 is 10.3 Å². The number of nitrogens with zero attached hydrogens (tertiary/aromatic N) is 5. The summed E-state index contributed by atoms with van der Waals surface area (Å²) in [5.41, 5.74) is -2.12. The quantitative estimate of drug-likeness (QED) is 0.405. The van der Waals surface area contributed by atoms with Crippen molar-refractivity contribution in [2.75, 3.05) is 13.1 Å². The Bertz CT molecular complexity index is 1590. The van der Waals surface area contributed by atoms with Crippen LogP contribution in [0.5, 0.6) is 5.88 Å². The molecule has 1 aliphatic rings. The highest BCUT2D eigenvalue weighted by atomic mass is 32.1. The smallest absolute Gasteiger partial charge is 0.418 e. The van der Waals surface area contributed by atoms with Gasteiger partial charge in [-0.05, 0) is 39.8 Å². The number of pyridine rings is 2. The maximum atomic E-state index is 13.9. The summed E-state index contributed by atoms with van der Waals surface area (Å²) >= 11 is 1.07. The minimum Gasteiger partial charge on any atom is -0.468 e. The van der Waals surface area contributed by atoms with Crippen LogP contribution in [0.1, 0.15) is 53.8 Å². The van der Waals surface area contributed by atoms with Gasteiger partial charge in [0.25, 0.3) is 11.5 Å². The van der Waals surface area contributed by atoms with E-state index in [0.29, 0.717) is 23.4 Å². The lowest BCUT2D eigenvalue weighted by Gasteiger charge is -2.34. The summed E-state index contributed by atoms with van der Waals surface area (Å²) in [6.45, 7) is 7.52. The van der Waals surface area contributed by atoms with Crippen LogP contribution in [0.4, 0.5) is 13.2 Å². The van der Waals surface area contributed by atoms with E-state index < -0.39 is 29.1 Å². The van der Waals surface area contributed by atoms with Crippen molar-refractivity contribution >= 4 is 38.6 Å². The number of aromatic nitrogens is 5. The Balaban J connectivity index is 1.44. The number of amides is 1. The van der Waals surface area contributed by atoms with Crippen molar-refractivity contribution in [3.63, 3.8) is 0 Å². The Morgan fingerprint density at radius 1 is 1.16 bits per heavy atom. The number of carbonyl (C=O) groups excluding carboxylic acids is 1. The number of alkyl halides is 3. The Hall–Kier alpha value is -3.65. The van der Waals surface area contributed by atoms with E-state index in [0.717, 1.165) is 17.4 Å². The number of morpholine rings is 1. The third-order valence-electron chi connectivity index (χ3n) is 5.94. The van der Waals surface area contributed by atoms with Crippen molar-refractivity contribution in [2.45, 2.75) is 52.2 Å². The summed E-state index contributed by atoms with van der Waals surface area (Å²) in [5.74, 6) is -0.0469. The van der Waals surface area contributed by atoms with Crippen LogP contribution in [-0.2, 0) is 10.9 Å². The molecule has 200 valence electrons. The van der Waals surface area contributed by atoms with E-state index in [-0.39, 0.29) is 45.9 Å². The van der Waals surface area contributed by atoms with Crippen LogP contribution in [0.3, 0.4) is 0 Å². The van der Waals surface area contributed by atoms with E-state index >= 15 is 0 Å². The van der Waals surface area contributed by atoms with Gasteiger partial charge in [-0.2, -0.15) is 13.2 Å². The maximum absolute atomic E-state index is 13.9. The van der Waals surface area contributed by atoms with Crippen molar-refractivity contribution in [2.24, 2.45) is 0 Å². The standard InChI is InChI=1S/C24H23F3N6O4S/c1-10-8-33(9-11(2)36-10)23(35)22-30-15-5-6-17(31-21(15)38-22)37-12(3)18-14(24(25,26)27)7-16-19(32-18)20(34)29-13(4)28-16/h5-7,10-12H,8-9H2,1-4H3,(H,28,29,34). The largest absolute Gasteiger partial charge is 0.468 e. The fourth-order valence-corrected chi connectivity index (χ4v) is 5.31. The number of halogens is 3. The molecule has 10 nitrogen and oxygen atoms in total. The molecule has 3 atom stereocenters. The first-order chi connectivity index (χ1) is 17.9. The van der Waals surface area contributed by atoms with Gasteiger partial charge in [0.05, 0.1) is 29.0 Å². The van der Waals surface area contributed by atoms with Gasteiger partial charge < -0.3 is 19.4 Å². The number of nitrogens with one attached hydrogen (secondary N) is 1. The zero-order chi connectivity index (χ0) is 27.4. The van der Waals surface area contributed by atoms with Gasteiger partial charge in [-0.25, -0.2) is 19.9 Å². The monoisotopic (exact) mass is 548 g/mol. The number of hydrogen-bond donors (Lipinski definition) is 1. The number of aryl methyl sites for hydroxylation is 1. The van der Waals surface area contributed by atoms with E-state index in [1.807, 2.05) is 13.8 Å². The van der Waals surface area contributed by atoms with Crippen LogP contribution in [0.2, 0.25) is 0 Å². The second-order valence-corrected chi connectivity index (χ2v) is 10.1. The molecule has 4 aromatic rings. The predicted octanol–water partition coefficient (Wildman–Crippen LogP) is 4.04.